The molecule has 0 aromatic rings. The van der Waals surface area contributed by atoms with Gasteiger partial charge in [0.25, 0.3) is 0 Å². The van der Waals surface area contributed by atoms with Gasteiger partial charge in [-0.2, -0.15) is 0 Å². The molecule has 0 aliphatic rings. The van der Waals surface area contributed by atoms with Gasteiger partial charge in [0.05, 0.1) is 0 Å². The van der Waals surface area contributed by atoms with Crippen LogP contribution >= 0.6 is 0 Å². The number of hydrogen-bond acceptors (Lipinski definition) is 2. The summed E-state index contributed by atoms with van der Waals surface area (Å²) in [5, 5.41) is 20.4. The van der Waals surface area contributed by atoms with E-state index in [-0.39, 0.29) is 5.41 Å². The number of rotatable bonds is 10. The van der Waals surface area contributed by atoms with E-state index >= 15 is 0 Å². The molecule has 2 nitrogen and oxygen atoms in total. The number of unbranched alkanes of at least 4 members (excludes halogenated alkanes) is 4. The predicted molar refractivity (Wildman–Crippen MR) is 73.9 cm³/mol. The van der Waals surface area contributed by atoms with Crippen molar-refractivity contribution in [1.82, 2.24) is 0 Å². The fourth-order valence-corrected chi connectivity index (χ4v) is 2.81. The lowest BCUT2D eigenvalue weighted by Crippen LogP contribution is -2.47. The molecule has 0 spiro atoms. The minimum atomic E-state index is -1.50. The Bertz CT molecular complexity index is 183. The van der Waals surface area contributed by atoms with Gasteiger partial charge in [-0.1, -0.05) is 59.8 Å². The molecule has 0 aliphatic heterocycles. The second-order valence-electron chi connectivity index (χ2n) is 5.32. The highest BCUT2D eigenvalue weighted by Crippen LogP contribution is 2.43. The highest BCUT2D eigenvalue weighted by molar-refractivity contribution is 4.89. The summed E-state index contributed by atoms with van der Waals surface area (Å²) in [5.74, 6) is -1.50. The van der Waals surface area contributed by atoms with Crippen LogP contribution in [0, 0.1) is 5.41 Å². The maximum absolute atomic E-state index is 10.2. The summed E-state index contributed by atoms with van der Waals surface area (Å²) in [7, 11) is 0. The van der Waals surface area contributed by atoms with E-state index in [1.54, 1.807) is 0 Å². The Morgan fingerprint density at radius 2 is 1.24 bits per heavy atom. The minimum absolute atomic E-state index is 0.312. The van der Waals surface area contributed by atoms with Crippen LogP contribution in [0.15, 0.2) is 0 Å². The standard InChI is InChI=1S/C15H32O2/c1-5-9-10-11-12-13-14(6-2,7-3)15(16,17)8-4/h16-17H,5-13H2,1-4H3. The SMILES string of the molecule is CCCCCCCC(CC)(CC)C(O)(O)CC. The van der Waals surface area contributed by atoms with Crippen LogP contribution in [0.5, 0.6) is 0 Å². The molecule has 0 radical (unpaired) electrons. The van der Waals surface area contributed by atoms with Gasteiger partial charge in [-0.05, 0) is 25.7 Å². The Hall–Kier alpha value is -0.0800. The monoisotopic (exact) mass is 244 g/mol. The first-order valence-electron chi connectivity index (χ1n) is 7.44. The van der Waals surface area contributed by atoms with Gasteiger partial charge in [-0.3, -0.25) is 0 Å². The fraction of sp³-hybridized carbons (Fsp3) is 1.00. The van der Waals surface area contributed by atoms with Crippen molar-refractivity contribution in [1.29, 1.82) is 0 Å². The van der Waals surface area contributed by atoms with Crippen LogP contribution in [0.2, 0.25) is 0 Å². The van der Waals surface area contributed by atoms with E-state index in [0.29, 0.717) is 6.42 Å². The molecule has 0 bridgehead atoms. The largest absolute Gasteiger partial charge is 0.365 e. The van der Waals surface area contributed by atoms with Crippen LogP contribution in [-0.4, -0.2) is 16.0 Å². The van der Waals surface area contributed by atoms with E-state index in [1.807, 2.05) is 6.92 Å². The Balaban J connectivity index is 4.32. The van der Waals surface area contributed by atoms with Gasteiger partial charge >= 0.3 is 0 Å². The first kappa shape index (κ1) is 16.9. The Kier molecular flexibility index (Phi) is 8.06. The molecule has 0 amide bonds. The third-order valence-electron chi connectivity index (χ3n) is 4.45. The van der Waals surface area contributed by atoms with E-state index in [9.17, 15) is 10.2 Å². The van der Waals surface area contributed by atoms with Crippen LogP contribution in [0.3, 0.4) is 0 Å². The molecule has 0 saturated heterocycles. The van der Waals surface area contributed by atoms with Crippen LogP contribution in [0.25, 0.3) is 0 Å². The van der Waals surface area contributed by atoms with E-state index in [4.69, 9.17) is 0 Å². The molecule has 0 heterocycles. The Labute approximate surface area is 107 Å². The molecular formula is C15H32O2. The van der Waals surface area contributed by atoms with Gasteiger partial charge in [0, 0.05) is 5.41 Å². The molecule has 0 aromatic heterocycles. The summed E-state index contributed by atoms with van der Waals surface area (Å²) in [4.78, 5) is 0. The van der Waals surface area contributed by atoms with Crippen molar-refractivity contribution in [3.05, 3.63) is 0 Å². The van der Waals surface area contributed by atoms with Crippen molar-refractivity contribution in [2.24, 2.45) is 5.41 Å². The summed E-state index contributed by atoms with van der Waals surface area (Å²) in [6, 6.07) is 0. The molecule has 0 atom stereocenters. The first-order valence-corrected chi connectivity index (χ1v) is 7.44. The summed E-state index contributed by atoms with van der Waals surface area (Å²) in [6.07, 6.45) is 9.20. The third kappa shape index (κ3) is 4.59. The van der Waals surface area contributed by atoms with E-state index < -0.39 is 5.79 Å². The molecule has 2 heteroatoms. The first-order chi connectivity index (χ1) is 7.99. The molecule has 0 aromatic carbocycles. The zero-order valence-corrected chi connectivity index (χ0v) is 12.3. The van der Waals surface area contributed by atoms with Gasteiger partial charge < -0.3 is 10.2 Å². The van der Waals surface area contributed by atoms with Crippen molar-refractivity contribution >= 4 is 0 Å². The highest BCUT2D eigenvalue weighted by Gasteiger charge is 2.44. The lowest BCUT2D eigenvalue weighted by Gasteiger charge is -2.43. The van der Waals surface area contributed by atoms with Crippen LogP contribution < -0.4 is 0 Å². The van der Waals surface area contributed by atoms with E-state index in [2.05, 4.69) is 20.8 Å². The maximum atomic E-state index is 10.2. The molecule has 104 valence electrons. The molecule has 0 rings (SSSR count). The molecule has 0 saturated carbocycles. The summed E-state index contributed by atoms with van der Waals surface area (Å²) in [5.41, 5.74) is -0.312. The average molecular weight is 244 g/mol. The second-order valence-corrected chi connectivity index (χ2v) is 5.32. The van der Waals surface area contributed by atoms with Crippen molar-refractivity contribution in [2.45, 2.75) is 91.3 Å². The van der Waals surface area contributed by atoms with Gasteiger partial charge in [0.15, 0.2) is 5.79 Å². The third-order valence-corrected chi connectivity index (χ3v) is 4.45. The van der Waals surface area contributed by atoms with Gasteiger partial charge in [0.1, 0.15) is 0 Å². The quantitative estimate of drug-likeness (QED) is 0.445. The molecule has 2 N–H and O–H groups in total. The molecule has 0 aliphatic carbocycles. The van der Waals surface area contributed by atoms with Crippen molar-refractivity contribution in [3.63, 3.8) is 0 Å². The van der Waals surface area contributed by atoms with Gasteiger partial charge in [-0.25, -0.2) is 0 Å². The van der Waals surface area contributed by atoms with Crippen LogP contribution in [0.4, 0.5) is 0 Å². The Morgan fingerprint density at radius 3 is 1.65 bits per heavy atom. The number of aliphatic hydroxyl groups is 2. The topological polar surface area (TPSA) is 40.5 Å². The zero-order valence-electron chi connectivity index (χ0n) is 12.3. The van der Waals surface area contributed by atoms with E-state index in [1.165, 1.54) is 25.7 Å². The summed E-state index contributed by atoms with van der Waals surface area (Å²) in [6.45, 7) is 8.22. The van der Waals surface area contributed by atoms with Crippen LogP contribution in [-0.2, 0) is 0 Å². The summed E-state index contributed by atoms with van der Waals surface area (Å²) >= 11 is 0. The van der Waals surface area contributed by atoms with Gasteiger partial charge in [0.2, 0.25) is 0 Å². The van der Waals surface area contributed by atoms with Crippen molar-refractivity contribution < 1.29 is 10.2 Å². The molecule has 0 unspecified atom stereocenters. The average Bonchev–Trinajstić information content (AvgIpc) is 2.34. The second kappa shape index (κ2) is 8.10. The molecular weight excluding hydrogens is 212 g/mol. The zero-order chi connectivity index (χ0) is 13.4. The van der Waals surface area contributed by atoms with Crippen LogP contribution in [0.1, 0.15) is 85.5 Å². The van der Waals surface area contributed by atoms with Crippen molar-refractivity contribution in [2.75, 3.05) is 0 Å². The smallest absolute Gasteiger partial charge is 0.167 e. The number of hydrogen-bond donors (Lipinski definition) is 2. The predicted octanol–water partition coefficient (Wildman–Crippen LogP) is 4.24. The molecule has 0 fully saturated rings. The fourth-order valence-electron chi connectivity index (χ4n) is 2.81. The van der Waals surface area contributed by atoms with Gasteiger partial charge in [-0.15, -0.1) is 0 Å². The highest BCUT2D eigenvalue weighted by atomic mass is 16.5. The Morgan fingerprint density at radius 1 is 0.706 bits per heavy atom. The van der Waals surface area contributed by atoms with Crippen molar-refractivity contribution in [3.8, 4) is 0 Å². The lowest BCUT2D eigenvalue weighted by atomic mass is 9.70. The summed E-state index contributed by atoms with van der Waals surface area (Å²) < 4.78 is 0. The van der Waals surface area contributed by atoms with E-state index in [0.717, 1.165) is 25.7 Å². The minimum Gasteiger partial charge on any atom is -0.365 e. The lowest BCUT2D eigenvalue weighted by molar-refractivity contribution is -0.250. The normalized spacial score (nSPS) is 13.1. The molecule has 17 heavy (non-hydrogen) atoms. The maximum Gasteiger partial charge on any atom is 0.167 e.